The quantitative estimate of drug-likeness (QED) is 0.139. The molecule has 5 rings (SSSR count). The second kappa shape index (κ2) is 15.4. The number of hydrogen-bond donors (Lipinski definition) is 1. The number of allylic oxidation sites excluding steroid dienone is 1. The van der Waals surface area contributed by atoms with E-state index in [9.17, 15) is 9.59 Å². The Morgan fingerprint density at radius 3 is 2.73 bits per heavy atom. The molecule has 3 aromatic rings. The largest absolute Gasteiger partial charge is 0.493 e. The van der Waals surface area contributed by atoms with Crippen LogP contribution in [-0.2, 0) is 24.8 Å². The highest BCUT2D eigenvalue weighted by Crippen LogP contribution is 2.43. The first-order valence-corrected chi connectivity index (χ1v) is 16.8. The lowest BCUT2D eigenvalue weighted by molar-refractivity contribution is -0.140. The second-order valence-electron chi connectivity index (χ2n) is 10.4. The maximum absolute atomic E-state index is 13.5. The van der Waals surface area contributed by atoms with Gasteiger partial charge in [0.1, 0.15) is 6.04 Å². The maximum atomic E-state index is 13.5. The Morgan fingerprint density at radius 2 is 2.00 bits per heavy atom. The number of nitrogens with one attached hydrogen (secondary N) is 1. The minimum atomic E-state index is -0.688. The monoisotopic (exact) mass is 719 g/mol. The molecule has 1 fully saturated rings. The molecule has 1 aromatic heterocycles. The summed E-state index contributed by atoms with van der Waals surface area (Å²) in [6.07, 6.45) is 1.65. The predicted octanol–water partition coefficient (Wildman–Crippen LogP) is 5.86. The fourth-order valence-corrected chi connectivity index (χ4v) is 6.67. The number of amides is 1. The summed E-state index contributed by atoms with van der Waals surface area (Å²) in [5.74, 6) is 1.23. The molecule has 3 heterocycles. The van der Waals surface area contributed by atoms with Crippen molar-refractivity contribution < 1.29 is 28.5 Å². The van der Waals surface area contributed by atoms with E-state index >= 15 is 0 Å². The fourth-order valence-electron chi connectivity index (χ4n) is 4.99. The van der Waals surface area contributed by atoms with Crippen LogP contribution in [0.4, 0.5) is 5.95 Å². The van der Waals surface area contributed by atoms with Gasteiger partial charge in [0.2, 0.25) is 11.1 Å². The van der Waals surface area contributed by atoms with Crippen LogP contribution >= 0.6 is 39.3 Å². The number of aromatic nitrogens is 3. The van der Waals surface area contributed by atoms with Crippen molar-refractivity contribution in [2.24, 2.45) is 0 Å². The molecule has 240 valence electrons. The number of hydrogen-bond acceptors (Lipinski definition) is 10. The van der Waals surface area contributed by atoms with Gasteiger partial charge in [-0.2, -0.15) is 4.98 Å². The lowest BCUT2D eigenvalue weighted by atomic mass is 9.95. The summed E-state index contributed by atoms with van der Waals surface area (Å²) >= 11 is 11.4. The molecule has 1 atom stereocenters. The van der Waals surface area contributed by atoms with Crippen LogP contribution in [0.25, 0.3) is 0 Å². The van der Waals surface area contributed by atoms with Crippen LogP contribution in [0.1, 0.15) is 43.9 Å². The van der Waals surface area contributed by atoms with Crippen LogP contribution < -0.4 is 14.8 Å². The molecule has 0 bridgehead atoms. The molecule has 0 aliphatic carbocycles. The molecule has 11 nitrogen and oxygen atoms in total. The summed E-state index contributed by atoms with van der Waals surface area (Å²) in [5.41, 5.74) is 2.65. The molecule has 1 amide bonds. The SMILES string of the molecule is CCCCOC(=O)C1=C(C)Nc2nc(SCc3ccccc3Cl)nn2C1c1cc(Br)c(OCC(=O)N2CCOCC2)c(OC)c1. The first kappa shape index (κ1) is 33.1. The lowest BCUT2D eigenvalue weighted by Gasteiger charge is -2.29. The van der Waals surface area contributed by atoms with Gasteiger partial charge >= 0.3 is 5.97 Å². The standard InChI is InChI=1S/C31H35BrClN5O6S/c1-4-5-12-43-29(40)26-19(2)34-30-35-31(45-18-20-8-6-7-9-23(20)33)36-38(30)27(26)21-15-22(32)28(24(16-21)41-3)44-17-25(39)37-10-13-42-14-11-37/h6-9,15-16,27H,4-5,10-14,17-18H2,1-3H3,(H,34,35,36). The first-order chi connectivity index (χ1) is 21.8. The molecule has 2 aromatic carbocycles. The van der Waals surface area contributed by atoms with Gasteiger partial charge < -0.3 is 29.2 Å². The Labute approximate surface area is 279 Å². The number of morpholine rings is 1. The van der Waals surface area contributed by atoms with E-state index in [1.807, 2.05) is 44.2 Å². The van der Waals surface area contributed by atoms with Crippen molar-refractivity contribution >= 4 is 57.1 Å². The molecule has 1 N–H and O–H groups in total. The Bertz CT molecular complexity index is 1580. The van der Waals surface area contributed by atoms with Crippen LogP contribution in [0.3, 0.4) is 0 Å². The first-order valence-electron chi connectivity index (χ1n) is 14.6. The minimum absolute atomic E-state index is 0.139. The van der Waals surface area contributed by atoms with E-state index in [0.717, 1.165) is 18.4 Å². The highest BCUT2D eigenvalue weighted by atomic mass is 79.9. The van der Waals surface area contributed by atoms with E-state index in [0.29, 0.717) is 87.6 Å². The zero-order chi connectivity index (χ0) is 31.9. The van der Waals surface area contributed by atoms with Crippen molar-refractivity contribution in [3.63, 3.8) is 0 Å². The van der Waals surface area contributed by atoms with Crippen LogP contribution in [0.15, 0.2) is 57.3 Å². The van der Waals surface area contributed by atoms with Crippen molar-refractivity contribution in [3.8, 4) is 11.5 Å². The van der Waals surface area contributed by atoms with E-state index in [-0.39, 0.29) is 12.5 Å². The molecule has 45 heavy (non-hydrogen) atoms. The highest BCUT2D eigenvalue weighted by molar-refractivity contribution is 9.10. The van der Waals surface area contributed by atoms with Crippen LogP contribution in [0.5, 0.6) is 11.5 Å². The Hall–Kier alpha value is -3.26. The number of thioether (sulfide) groups is 1. The van der Waals surface area contributed by atoms with E-state index in [2.05, 4.69) is 21.2 Å². The van der Waals surface area contributed by atoms with E-state index < -0.39 is 12.0 Å². The fraction of sp³-hybridized carbons (Fsp3) is 0.419. The number of fused-ring (bicyclic) bond motifs is 1. The average Bonchev–Trinajstić information content (AvgIpc) is 3.45. The van der Waals surface area contributed by atoms with Crippen molar-refractivity contribution in [3.05, 3.63) is 68.3 Å². The van der Waals surface area contributed by atoms with Gasteiger partial charge in [0, 0.05) is 29.6 Å². The zero-order valence-electron chi connectivity index (χ0n) is 25.3. The number of rotatable bonds is 12. The van der Waals surface area contributed by atoms with Crippen LogP contribution in [0, 0.1) is 0 Å². The molecule has 1 unspecified atom stereocenters. The van der Waals surface area contributed by atoms with Crippen LogP contribution in [-0.4, -0.2) is 78.2 Å². The second-order valence-corrected chi connectivity index (χ2v) is 12.6. The number of benzene rings is 2. The molecule has 0 saturated carbocycles. The molecular weight excluding hydrogens is 686 g/mol. The van der Waals surface area contributed by atoms with Gasteiger partial charge in [-0.05, 0) is 58.6 Å². The molecule has 0 spiro atoms. The third-order valence-electron chi connectivity index (χ3n) is 7.37. The third kappa shape index (κ3) is 7.76. The van der Waals surface area contributed by atoms with Crippen molar-refractivity contribution in [1.29, 1.82) is 0 Å². The molecule has 2 aliphatic heterocycles. The van der Waals surface area contributed by atoms with E-state index in [1.165, 1.54) is 18.9 Å². The summed E-state index contributed by atoms with van der Waals surface area (Å²) in [6, 6.07) is 10.6. The number of halogens is 2. The Morgan fingerprint density at radius 1 is 1.22 bits per heavy atom. The number of carbonyl (C=O) groups excluding carboxylic acids is 2. The number of anilines is 1. The van der Waals surface area contributed by atoms with Crippen molar-refractivity contribution in [1.82, 2.24) is 19.7 Å². The van der Waals surface area contributed by atoms with Crippen molar-refractivity contribution in [2.75, 3.05) is 51.9 Å². The lowest BCUT2D eigenvalue weighted by Crippen LogP contribution is -2.43. The highest BCUT2D eigenvalue weighted by Gasteiger charge is 2.36. The van der Waals surface area contributed by atoms with Gasteiger partial charge in [-0.1, -0.05) is 54.9 Å². The van der Waals surface area contributed by atoms with Gasteiger partial charge in [0.15, 0.2) is 18.1 Å². The smallest absolute Gasteiger partial charge is 0.338 e. The number of carbonyl (C=O) groups is 2. The number of methoxy groups -OCH3 is 1. The molecule has 0 radical (unpaired) electrons. The molecule has 14 heteroatoms. The van der Waals surface area contributed by atoms with E-state index in [1.54, 1.807) is 15.6 Å². The number of esters is 1. The maximum Gasteiger partial charge on any atom is 0.338 e. The summed E-state index contributed by atoms with van der Waals surface area (Å²) < 4.78 is 24.9. The molecule has 2 aliphatic rings. The Kier molecular flexibility index (Phi) is 11.3. The molecular formula is C31H35BrClN5O6S. The third-order valence-corrected chi connectivity index (χ3v) is 9.21. The van der Waals surface area contributed by atoms with Gasteiger partial charge in [-0.15, -0.1) is 5.10 Å². The van der Waals surface area contributed by atoms with Gasteiger partial charge in [0.25, 0.3) is 5.91 Å². The van der Waals surface area contributed by atoms with Gasteiger partial charge in [0.05, 0.1) is 37.0 Å². The average molecular weight is 721 g/mol. The van der Waals surface area contributed by atoms with Crippen molar-refractivity contribution in [2.45, 2.75) is 43.6 Å². The molecule has 1 saturated heterocycles. The number of unbranched alkanes of at least 4 members (excludes halogenated alkanes) is 1. The van der Waals surface area contributed by atoms with E-state index in [4.69, 9.17) is 40.6 Å². The minimum Gasteiger partial charge on any atom is -0.493 e. The van der Waals surface area contributed by atoms with Crippen LogP contribution in [0.2, 0.25) is 5.02 Å². The number of nitrogens with zero attached hydrogens (tertiary/aromatic N) is 4. The summed E-state index contributed by atoms with van der Waals surface area (Å²) in [5, 5.41) is 9.24. The van der Waals surface area contributed by atoms with Gasteiger partial charge in [-0.25, -0.2) is 9.48 Å². The zero-order valence-corrected chi connectivity index (χ0v) is 28.5. The number of ether oxygens (including phenoxy) is 4. The predicted molar refractivity (Wildman–Crippen MR) is 175 cm³/mol. The summed E-state index contributed by atoms with van der Waals surface area (Å²) in [6.45, 7) is 6.06. The van der Waals surface area contributed by atoms with Gasteiger partial charge in [-0.3, -0.25) is 4.79 Å². The topological polar surface area (TPSA) is 117 Å². The normalized spacial score (nSPS) is 16.2. The Balaban J connectivity index is 1.46. The summed E-state index contributed by atoms with van der Waals surface area (Å²) in [7, 11) is 1.52. The summed E-state index contributed by atoms with van der Waals surface area (Å²) in [4.78, 5) is 32.7.